The Morgan fingerprint density at radius 1 is 1.26 bits per heavy atom. The molecule has 6 nitrogen and oxygen atoms in total. The van der Waals surface area contributed by atoms with Gasteiger partial charge in [-0.3, -0.25) is 14.4 Å². The number of carbonyl (C=O) groups excluding carboxylic acids is 3. The Balaban J connectivity index is 2.45. The first-order chi connectivity index (χ1) is 10.9. The molecule has 0 bridgehead atoms. The highest BCUT2D eigenvalue weighted by atomic mass is 16.5. The van der Waals surface area contributed by atoms with E-state index in [9.17, 15) is 14.4 Å². The number of fused-ring (bicyclic) bond motifs is 1. The van der Waals surface area contributed by atoms with Gasteiger partial charge in [-0.15, -0.1) is 0 Å². The molecule has 0 aliphatic rings. The van der Waals surface area contributed by atoms with E-state index in [1.54, 1.807) is 55.9 Å². The molecule has 0 saturated heterocycles. The minimum Gasteiger partial charge on any atom is -0.424 e. The number of esters is 1. The van der Waals surface area contributed by atoms with Crippen LogP contribution in [-0.2, 0) is 9.59 Å². The van der Waals surface area contributed by atoms with Gasteiger partial charge in [0.1, 0.15) is 0 Å². The van der Waals surface area contributed by atoms with Crippen LogP contribution in [0.15, 0.2) is 30.6 Å². The highest BCUT2D eigenvalue weighted by Gasteiger charge is 2.25. The maximum absolute atomic E-state index is 12.8. The van der Waals surface area contributed by atoms with Crippen molar-refractivity contribution in [1.82, 2.24) is 9.30 Å². The van der Waals surface area contributed by atoms with E-state index >= 15 is 0 Å². The molecular formula is C17H20N2O4. The summed E-state index contributed by atoms with van der Waals surface area (Å²) in [6.07, 6.45) is 3.83. The van der Waals surface area contributed by atoms with Crippen molar-refractivity contribution in [3.05, 3.63) is 36.2 Å². The van der Waals surface area contributed by atoms with Crippen molar-refractivity contribution < 1.29 is 19.1 Å². The third-order valence-corrected chi connectivity index (χ3v) is 3.82. The number of nitrogens with zero attached hydrogens (tertiary/aromatic N) is 2. The van der Waals surface area contributed by atoms with Crippen LogP contribution in [0.25, 0.3) is 5.52 Å². The molecule has 2 aromatic rings. The first kappa shape index (κ1) is 16.7. The molecule has 0 saturated carbocycles. The first-order valence-corrected chi connectivity index (χ1v) is 7.44. The van der Waals surface area contributed by atoms with Crippen molar-refractivity contribution in [1.29, 1.82) is 0 Å². The van der Waals surface area contributed by atoms with Crippen LogP contribution >= 0.6 is 0 Å². The smallest absolute Gasteiger partial charge is 0.308 e. The van der Waals surface area contributed by atoms with Gasteiger partial charge in [0.25, 0.3) is 0 Å². The topological polar surface area (TPSA) is 68.1 Å². The van der Waals surface area contributed by atoms with Gasteiger partial charge in [0.05, 0.1) is 11.6 Å². The molecule has 0 aliphatic carbocycles. The summed E-state index contributed by atoms with van der Waals surface area (Å²) < 4.78 is 6.92. The van der Waals surface area contributed by atoms with E-state index in [-0.39, 0.29) is 11.7 Å². The molecular weight excluding hydrogens is 296 g/mol. The number of hydrogen-bond donors (Lipinski definition) is 0. The van der Waals surface area contributed by atoms with E-state index in [2.05, 4.69) is 0 Å². The summed E-state index contributed by atoms with van der Waals surface area (Å²) in [5.74, 6) is -0.431. The molecule has 0 radical (unpaired) electrons. The number of pyridine rings is 1. The van der Waals surface area contributed by atoms with Crippen LogP contribution in [0.2, 0.25) is 0 Å². The second-order valence-electron chi connectivity index (χ2n) is 5.35. The van der Waals surface area contributed by atoms with Crippen molar-refractivity contribution in [2.24, 2.45) is 0 Å². The SMILES string of the molecule is CCC(=O)N(C)C(C)C(=O)c1ccn2cccc(OC(C)=O)c12. The van der Waals surface area contributed by atoms with Gasteiger partial charge in [0, 0.05) is 38.3 Å². The van der Waals surface area contributed by atoms with Crippen molar-refractivity contribution >= 4 is 23.2 Å². The maximum Gasteiger partial charge on any atom is 0.308 e. The number of aromatic nitrogens is 1. The molecule has 2 heterocycles. The number of ketones is 1. The minimum absolute atomic E-state index is 0.102. The molecule has 23 heavy (non-hydrogen) atoms. The van der Waals surface area contributed by atoms with Crippen molar-refractivity contribution in [3.63, 3.8) is 0 Å². The zero-order chi connectivity index (χ0) is 17.1. The number of amides is 1. The first-order valence-electron chi connectivity index (χ1n) is 7.44. The van der Waals surface area contributed by atoms with Crippen LogP contribution in [0.1, 0.15) is 37.6 Å². The van der Waals surface area contributed by atoms with Crippen LogP contribution in [0.5, 0.6) is 5.75 Å². The number of carbonyl (C=O) groups is 3. The minimum atomic E-state index is -0.598. The Morgan fingerprint density at radius 3 is 2.57 bits per heavy atom. The molecule has 0 fully saturated rings. The second-order valence-corrected chi connectivity index (χ2v) is 5.35. The summed E-state index contributed by atoms with van der Waals surface area (Å²) in [6.45, 7) is 4.75. The van der Waals surface area contributed by atoms with Crippen LogP contribution in [0.4, 0.5) is 0 Å². The molecule has 122 valence electrons. The lowest BCUT2D eigenvalue weighted by Gasteiger charge is -2.23. The number of Topliss-reactive ketones (excluding diaryl/α,β-unsaturated/α-hetero) is 1. The standard InChI is InChI=1S/C17H20N2O4/c1-5-15(21)18(4)11(2)17(22)13-8-10-19-9-6-7-14(16(13)19)23-12(3)20/h6-11H,5H2,1-4H3. The van der Waals surface area contributed by atoms with Gasteiger partial charge in [-0.1, -0.05) is 6.92 Å². The van der Waals surface area contributed by atoms with Crippen LogP contribution in [-0.4, -0.2) is 40.0 Å². The molecule has 1 unspecified atom stereocenters. The Labute approximate surface area is 134 Å². The number of likely N-dealkylation sites (N-methyl/N-ethyl adjacent to an activating group) is 1. The second kappa shape index (κ2) is 6.64. The highest BCUT2D eigenvalue weighted by molar-refractivity contribution is 6.08. The van der Waals surface area contributed by atoms with Gasteiger partial charge >= 0.3 is 5.97 Å². The monoisotopic (exact) mass is 316 g/mol. The summed E-state index contributed by atoms with van der Waals surface area (Å²) in [5.41, 5.74) is 0.946. The predicted molar refractivity (Wildman–Crippen MR) is 85.6 cm³/mol. The predicted octanol–water partition coefficient (Wildman–Crippen LogP) is 2.30. The van der Waals surface area contributed by atoms with Crippen molar-refractivity contribution in [2.45, 2.75) is 33.2 Å². The van der Waals surface area contributed by atoms with Crippen LogP contribution < -0.4 is 4.74 Å². The zero-order valence-electron chi connectivity index (χ0n) is 13.7. The van der Waals surface area contributed by atoms with Gasteiger partial charge in [0.15, 0.2) is 11.5 Å². The molecule has 6 heteroatoms. The Bertz CT molecular complexity index is 763. The molecule has 2 aromatic heterocycles. The van der Waals surface area contributed by atoms with Gasteiger partial charge in [-0.25, -0.2) is 0 Å². The fourth-order valence-corrected chi connectivity index (χ4v) is 2.44. The van der Waals surface area contributed by atoms with Gasteiger partial charge in [-0.2, -0.15) is 0 Å². The average Bonchev–Trinajstić information content (AvgIpc) is 2.96. The van der Waals surface area contributed by atoms with Crippen molar-refractivity contribution in [3.8, 4) is 5.75 Å². The molecule has 0 aromatic carbocycles. The van der Waals surface area contributed by atoms with Gasteiger partial charge in [-0.05, 0) is 25.1 Å². The van der Waals surface area contributed by atoms with E-state index in [0.717, 1.165) is 0 Å². The van der Waals surface area contributed by atoms with E-state index in [1.807, 2.05) is 0 Å². The number of hydrogen-bond acceptors (Lipinski definition) is 4. The quantitative estimate of drug-likeness (QED) is 0.627. The highest BCUT2D eigenvalue weighted by Crippen LogP contribution is 2.26. The molecule has 0 N–H and O–H groups in total. The lowest BCUT2D eigenvalue weighted by molar-refractivity contribution is -0.132. The van der Waals surface area contributed by atoms with Gasteiger partial charge in [0.2, 0.25) is 5.91 Å². The van der Waals surface area contributed by atoms with Gasteiger partial charge < -0.3 is 14.0 Å². The summed E-state index contributed by atoms with van der Waals surface area (Å²) in [6, 6.07) is 4.44. The van der Waals surface area contributed by atoms with E-state index in [0.29, 0.717) is 23.3 Å². The van der Waals surface area contributed by atoms with E-state index in [4.69, 9.17) is 4.74 Å². The van der Waals surface area contributed by atoms with E-state index in [1.165, 1.54) is 11.8 Å². The summed E-state index contributed by atoms with van der Waals surface area (Å²) in [5, 5.41) is 0. The third-order valence-electron chi connectivity index (χ3n) is 3.82. The zero-order valence-corrected chi connectivity index (χ0v) is 13.7. The molecule has 0 aliphatic heterocycles. The average molecular weight is 316 g/mol. The van der Waals surface area contributed by atoms with Crippen molar-refractivity contribution in [2.75, 3.05) is 7.05 Å². The maximum atomic E-state index is 12.8. The number of rotatable bonds is 5. The molecule has 1 atom stereocenters. The Morgan fingerprint density at radius 2 is 1.96 bits per heavy atom. The number of ether oxygens (including phenoxy) is 1. The summed E-state index contributed by atoms with van der Waals surface area (Å²) in [4.78, 5) is 37.3. The van der Waals surface area contributed by atoms with Crippen LogP contribution in [0, 0.1) is 0 Å². The molecule has 0 spiro atoms. The van der Waals surface area contributed by atoms with Crippen LogP contribution in [0.3, 0.4) is 0 Å². The fourth-order valence-electron chi connectivity index (χ4n) is 2.44. The summed E-state index contributed by atoms with van der Waals surface area (Å²) >= 11 is 0. The third kappa shape index (κ3) is 3.26. The molecule has 2 rings (SSSR count). The fraction of sp³-hybridized carbons (Fsp3) is 0.353. The lowest BCUT2D eigenvalue weighted by atomic mass is 10.0. The Kier molecular flexibility index (Phi) is 4.83. The largest absolute Gasteiger partial charge is 0.424 e. The molecule has 1 amide bonds. The lowest BCUT2D eigenvalue weighted by Crippen LogP contribution is -2.40. The summed E-state index contributed by atoms with van der Waals surface area (Å²) in [7, 11) is 1.61. The van der Waals surface area contributed by atoms with E-state index < -0.39 is 12.0 Å². The normalized spacial score (nSPS) is 12.0. The Hall–Kier alpha value is -2.63.